The lowest BCUT2D eigenvalue weighted by atomic mass is 9.77. The van der Waals surface area contributed by atoms with Gasteiger partial charge in [0.15, 0.2) is 0 Å². The Balaban J connectivity index is 1.76. The molecule has 5 nitrogen and oxygen atoms in total. The molecule has 5 heteroatoms. The number of benzene rings is 2. The summed E-state index contributed by atoms with van der Waals surface area (Å²) < 4.78 is 4.67. The molecule has 0 saturated carbocycles. The van der Waals surface area contributed by atoms with Gasteiger partial charge in [0, 0.05) is 36.2 Å². The first-order chi connectivity index (χ1) is 13.9. The van der Waals surface area contributed by atoms with Gasteiger partial charge in [-0.2, -0.15) is 0 Å². The summed E-state index contributed by atoms with van der Waals surface area (Å²) in [6.07, 6.45) is 1.80. The zero-order valence-electron chi connectivity index (χ0n) is 17.7. The van der Waals surface area contributed by atoms with E-state index in [1.807, 2.05) is 18.2 Å². The Morgan fingerprint density at radius 2 is 1.86 bits per heavy atom. The van der Waals surface area contributed by atoms with Crippen LogP contribution in [0.1, 0.15) is 59.8 Å². The number of nitrogens with one attached hydrogen (secondary N) is 2. The van der Waals surface area contributed by atoms with E-state index < -0.39 is 0 Å². The van der Waals surface area contributed by atoms with Crippen molar-refractivity contribution in [3.63, 3.8) is 0 Å². The molecule has 2 aromatic rings. The number of rotatable bonds is 6. The summed E-state index contributed by atoms with van der Waals surface area (Å²) in [5, 5.41) is 6.60. The van der Waals surface area contributed by atoms with Crippen LogP contribution in [0.3, 0.4) is 0 Å². The van der Waals surface area contributed by atoms with Gasteiger partial charge in [0.05, 0.1) is 7.11 Å². The number of methoxy groups -OCH3 is 1. The molecule has 0 spiro atoms. The maximum absolute atomic E-state index is 12.8. The molecule has 0 fully saturated rings. The fraction of sp³-hybridized carbons (Fsp3) is 0.417. The smallest absolute Gasteiger partial charge is 0.305 e. The van der Waals surface area contributed by atoms with Crippen molar-refractivity contribution in [3.8, 4) is 0 Å². The lowest BCUT2D eigenvalue weighted by Crippen LogP contribution is -2.39. The fourth-order valence-corrected chi connectivity index (χ4v) is 4.01. The molecule has 0 unspecified atom stereocenters. The summed E-state index contributed by atoms with van der Waals surface area (Å²) in [5.41, 5.74) is 6.44. The number of carbonyl (C=O) groups excluding carboxylic acids is 2. The third kappa shape index (κ3) is 4.67. The van der Waals surface area contributed by atoms with Gasteiger partial charge in [0.2, 0.25) is 0 Å². The number of anilines is 1. The largest absolute Gasteiger partial charge is 0.469 e. The van der Waals surface area contributed by atoms with Crippen LogP contribution in [0.5, 0.6) is 0 Å². The van der Waals surface area contributed by atoms with Crippen LogP contribution < -0.4 is 10.6 Å². The van der Waals surface area contributed by atoms with E-state index >= 15 is 0 Å². The normalized spacial score (nSPS) is 14.8. The molecule has 0 atom stereocenters. The first-order valence-electron chi connectivity index (χ1n) is 10.2. The summed E-state index contributed by atoms with van der Waals surface area (Å²) in [4.78, 5) is 24.1. The summed E-state index contributed by atoms with van der Waals surface area (Å²) in [7, 11) is 1.39. The van der Waals surface area contributed by atoms with E-state index in [4.69, 9.17) is 0 Å². The van der Waals surface area contributed by atoms with E-state index in [2.05, 4.69) is 42.2 Å². The van der Waals surface area contributed by atoms with Gasteiger partial charge in [0.25, 0.3) is 5.91 Å². The van der Waals surface area contributed by atoms with Crippen LogP contribution in [0, 0.1) is 0 Å². The second-order valence-electron chi connectivity index (χ2n) is 8.19. The van der Waals surface area contributed by atoms with Crippen molar-refractivity contribution >= 4 is 17.6 Å². The van der Waals surface area contributed by atoms with Crippen LogP contribution in [0.15, 0.2) is 36.4 Å². The maximum atomic E-state index is 12.8. The third-order valence-corrected chi connectivity index (χ3v) is 5.69. The number of ether oxygens (including phenoxy) is 1. The molecule has 2 N–H and O–H groups in total. The molecule has 0 bridgehead atoms. The van der Waals surface area contributed by atoms with Crippen LogP contribution in [0.4, 0.5) is 5.69 Å². The van der Waals surface area contributed by atoms with Crippen LogP contribution in [0.2, 0.25) is 0 Å². The van der Waals surface area contributed by atoms with Gasteiger partial charge in [-0.25, -0.2) is 0 Å². The highest BCUT2D eigenvalue weighted by Gasteiger charge is 2.29. The molecule has 29 heavy (non-hydrogen) atoms. The minimum atomic E-state index is -0.232. The average Bonchev–Trinajstić information content (AvgIpc) is 2.71. The van der Waals surface area contributed by atoms with Crippen molar-refractivity contribution in [1.82, 2.24) is 5.32 Å². The average molecular weight is 395 g/mol. The molecular formula is C24H30N2O3. The van der Waals surface area contributed by atoms with Crippen molar-refractivity contribution in [2.24, 2.45) is 0 Å². The first-order valence-corrected chi connectivity index (χ1v) is 10.2. The SMILES string of the molecule is CCc1c(NC(=O)c2ccc(CCC(=O)OC)cc2)ccc2c1CNCC2(C)C. The molecule has 154 valence electrons. The second-order valence-corrected chi connectivity index (χ2v) is 8.19. The summed E-state index contributed by atoms with van der Waals surface area (Å²) >= 11 is 0. The van der Waals surface area contributed by atoms with Crippen molar-refractivity contribution in [1.29, 1.82) is 0 Å². The standard InChI is InChI=1S/C24H30N2O3/c1-5-18-19-14-25-15-24(2,3)20(19)11-12-21(18)26-23(28)17-9-6-16(7-10-17)8-13-22(27)29-4/h6-7,9-12,25H,5,8,13-15H2,1-4H3,(H,26,28). The first kappa shape index (κ1) is 21.1. The maximum Gasteiger partial charge on any atom is 0.305 e. The Morgan fingerprint density at radius 1 is 1.14 bits per heavy atom. The van der Waals surface area contributed by atoms with Crippen molar-refractivity contribution in [3.05, 3.63) is 64.2 Å². The number of fused-ring (bicyclic) bond motifs is 1. The molecule has 0 radical (unpaired) electrons. The number of esters is 1. The highest BCUT2D eigenvalue weighted by molar-refractivity contribution is 6.04. The molecule has 0 aromatic heterocycles. The Kier molecular flexibility index (Phi) is 6.38. The van der Waals surface area contributed by atoms with E-state index in [0.717, 1.165) is 30.8 Å². The zero-order chi connectivity index (χ0) is 21.0. The molecule has 1 amide bonds. The topological polar surface area (TPSA) is 67.4 Å². The number of hydrogen-bond donors (Lipinski definition) is 2. The molecule has 0 aliphatic carbocycles. The summed E-state index contributed by atoms with van der Waals surface area (Å²) in [6, 6.07) is 11.6. The van der Waals surface area contributed by atoms with Crippen molar-refractivity contribution < 1.29 is 14.3 Å². The molecule has 3 rings (SSSR count). The van der Waals surface area contributed by atoms with Gasteiger partial charge < -0.3 is 15.4 Å². The number of amides is 1. The van der Waals surface area contributed by atoms with Gasteiger partial charge in [-0.1, -0.05) is 39.0 Å². The lowest BCUT2D eigenvalue weighted by molar-refractivity contribution is -0.140. The Bertz CT molecular complexity index is 901. The predicted molar refractivity (Wildman–Crippen MR) is 115 cm³/mol. The highest BCUT2D eigenvalue weighted by atomic mass is 16.5. The molecule has 0 saturated heterocycles. The number of carbonyl (C=O) groups is 2. The predicted octanol–water partition coefficient (Wildman–Crippen LogP) is 3.99. The Labute approximate surface area is 172 Å². The monoisotopic (exact) mass is 394 g/mol. The minimum absolute atomic E-state index is 0.0834. The van der Waals surface area contributed by atoms with Crippen LogP contribution >= 0.6 is 0 Å². The van der Waals surface area contributed by atoms with Crippen LogP contribution in [0.25, 0.3) is 0 Å². The second kappa shape index (κ2) is 8.78. The summed E-state index contributed by atoms with van der Waals surface area (Å²) in [5.74, 6) is -0.355. The van der Waals surface area contributed by atoms with E-state index in [0.29, 0.717) is 18.4 Å². The van der Waals surface area contributed by atoms with Gasteiger partial charge in [-0.3, -0.25) is 9.59 Å². The van der Waals surface area contributed by atoms with E-state index in [-0.39, 0.29) is 17.3 Å². The van der Waals surface area contributed by atoms with Gasteiger partial charge >= 0.3 is 5.97 Å². The van der Waals surface area contributed by atoms with Gasteiger partial charge in [-0.15, -0.1) is 0 Å². The molecule has 1 heterocycles. The van der Waals surface area contributed by atoms with Gasteiger partial charge in [0.1, 0.15) is 0 Å². The van der Waals surface area contributed by atoms with Crippen molar-refractivity contribution in [2.45, 2.75) is 52.0 Å². The molecule has 2 aromatic carbocycles. The lowest BCUT2D eigenvalue weighted by Gasteiger charge is -2.35. The highest BCUT2D eigenvalue weighted by Crippen LogP contribution is 2.35. The summed E-state index contributed by atoms with van der Waals surface area (Å²) in [6.45, 7) is 8.41. The molecule has 1 aliphatic rings. The van der Waals surface area contributed by atoms with E-state index in [1.165, 1.54) is 23.8 Å². The minimum Gasteiger partial charge on any atom is -0.469 e. The van der Waals surface area contributed by atoms with Crippen LogP contribution in [-0.2, 0) is 34.3 Å². The number of aryl methyl sites for hydroxylation is 1. The van der Waals surface area contributed by atoms with Crippen molar-refractivity contribution in [2.75, 3.05) is 19.0 Å². The van der Waals surface area contributed by atoms with E-state index in [1.54, 1.807) is 12.1 Å². The Hall–Kier alpha value is -2.66. The van der Waals surface area contributed by atoms with Crippen LogP contribution in [-0.4, -0.2) is 25.5 Å². The Morgan fingerprint density at radius 3 is 2.52 bits per heavy atom. The van der Waals surface area contributed by atoms with Gasteiger partial charge in [-0.05, 0) is 53.3 Å². The molecule has 1 aliphatic heterocycles. The van der Waals surface area contributed by atoms with E-state index in [9.17, 15) is 9.59 Å². The third-order valence-electron chi connectivity index (χ3n) is 5.69. The quantitative estimate of drug-likeness (QED) is 0.727. The zero-order valence-corrected chi connectivity index (χ0v) is 17.7. The molecular weight excluding hydrogens is 364 g/mol. The fourth-order valence-electron chi connectivity index (χ4n) is 4.01. The number of hydrogen-bond acceptors (Lipinski definition) is 4.